The summed E-state index contributed by atoms with van der Waals surface area (Å²) in [6.45, 7) is 4.89. The Kier molecular flexibility index (Phi) is 6.19. The minimum Gasteiger partial charge on any atom is -0.507 e. The highest BCUT2D eigenvalue weighted by atomic mass is 16.3. The summed E-state index contributed by atoms with van der Waals surface area (Å²) in [6, 6.07) is 11.5. The number of nitrogens with zero attached hydrogens (tertiary/aromatic N) is 2. The molecule has 4 N–H and O–H groups in total. The molecule has 3 atom stereocenters. The smallest absolute Gasteiger partial charge is 0.255 e. The zero-order valence-corrected chi connectivity index (χ0v) is 22.2. The lowest BCUT2D eigenvalue weighted by Crippen LogP contribution is -2.72. The summed E-state index contributed by atoms with van der Waals surface area (Å²) in [4.78, 5) is 32.3. The average molecular weight is 527 g/mol. The van der Waals surface area contributed by atoms with Crippen LogP contribution in [0.3, 0.4) is 0 Å². The Morgan fingerprint density at radius 1 is 1.23 bits per heavy atom. The van der Waals surface area contributed by atoms with Crippen molar-refractivity contribution in [2.24, 2.45) is 4.99 Å². The van der Waals surface area contributed by atoms with Crippen molar-refractivity contribution in [1.82, 2.24) is 15.5 Å². The van der Waals surface area contributed by atoms with Crippen LogP contribution in [0.2, 0.25) is 0 Å². The largest absolute Gasteiger partial charge is 0.507 e. The number of benzene rings is 2. The normalized spacial score (nSPS) is 27.7. The van der Waals surface area contributed by atoms with Crippen LogP contribution >= 0.6 is 0 Å². The van der Waals surface area contributed by atoms with Gasteiger partial charge in [-0.1, -0.05) is 36.9 Å². The van der Waals surface area contributed by atoms with Gasteiger partial charge in [-0.25, -0.2) is 4.99 Å². The molecule has 8 heteroatoms. The van der Waals surface area contributed by atoms with Crippen LogP contribution in [0.1, 0.15) is 58.3 Å². The number of carbonyl (C=O) groups is 2. The second-order valence-electron chi connectivity index (χ2n) is 11.3. The fourth-order valence-electron chi connectivity index (χ4n) is 7.13. The minimum atomic E-state index is -1.11. The molecular formula is C31H34N4O4. The van der Waals surface area contributed by atoms with Crippen LogP contribution < -0.4 is 10.6 Å². The number of carbonyl (C=O) groups excluding carboxylic acids is 2. The molecule has 0 aromatic heterocycles. The van der Waals surface area contributed by atoms with Crippen molar-refractivity contribution >= 4 is 23.5 Å². The summed E-state index contributed by atoms with van der Waals surface area (Å²) in [7, 11) is 2.01. The second kappa shape index (κ2) is 9.47. The van der Waals surface area contributed by atoms with E-state index in [-0.39, 0.29) is 35.5 Å². The number of fused-ring (bicyclic) bond motifs is 1. The lowest BCUT2D eigenvalue weighted by Gasteiger charge is -2.62. The predicted molar refractivity (Wildman–Crippen MR) is 150 cm³/mol. The highest BCUT2D eigenvalue weighted by Crippen LogP contribution is 2.59. The van der Waals surface area contributed by atoms with E-state index >= 15 is 0 Å². The summed E-state index contributed by atoms with van der Waals surface area (Å²) in [6.07, 6.45) is 6.34. The number of aliphatic hydroxyl groups is 1. The zero-order chi connectivity index (χ0) is 27.4. The third kappa shape index (κ3) is 4.10. The third-order valence-corrected chi connectivity index (χ3v) is 9.23. The Morgan fingerprint density at radius 3 is 2.77 bits per heavy atom. The van der Waals surface area contributed by atoms with Gasteiger partial charge in [-0.05, 0) is 62.0 Å². The number of nitrogens with one attached hydrogen (secondary N) is 2. The lowest BCUT2D eigenvalue weighted by atomic mass is 9.49. The Hall–Kier alpha value is -3.75. The molecule has 202 valence electrons. The molecule has 0 unspecified atom stereocenters. The van der Waals surface area contributed by atoms with Gasteiger partial charge in [-0.15, -0.1) is 0 Å². The van der Waals surface area contributed by atoms with Gasteiger partial charge >= 0.3 is 0 Å². The molecule has 4 aliphatic rings. The van der Waals surface area contributed by atoms with E-state index in [9.17, 15) is 19.8 Å². The van der Waals surface area contributed by atoms with E-state index in [0.717, 1.165) is 28.8 Å². The zero-order valence-electron chi connectivity index (χ0n) is 22.2. The van der Waals surface area contributed by atoms with Crippen LogP contribution in [0.5, 0.6) is 5.75 Å². The molecule has 1 saturated carbocycles. The highest BCUT2D eigenvalue weighted by Gasteiger charge is 2.65. The molecule has 1 saturated heterocycles. The number of aromatic hydroxyl groups is 1. The molecule has 0 radical (unpaired) electrons. The van der Waals surface area contributed by atoms with Gasteiger partial charge in [0.1, 0.15) is 17.4 Å². The maximum atomic E-state index is 13.2. The van der Waals surface area contributed by atoms with Crippen molar-refractivity contribution < 1.29 is 19.8 Å². The fraction of sp³-hybridized carbons (Fsp3) is 0.387. The molecule has 2 aromatic rings. The number of phenolic OH excluding ortho intramolecular Hbond substituents is 1. The number of aliphatic imine (C=N–C) groups is 1. The minimum absolute atomic E-state index is 0.0933. The van der Waals surface area contributed by atoms with E-state index < -0.39 is 11.0 Å². The maximum absolute atomic E-state index is 13.2. The third-order valence-electron chi connectivity index (χ3n) is 9.23. The van der Waals surface area contributed by atoms with E-state index in [4.69, 9.17) is 0 Å². The summed E-state index contributed by atoms with van der Waals surface area (Å²) >= 11 is 0. The first kappa shape index (κ1) is 25.5. The molecule has 39 heavy (non-hydrogen) atoms. The van der Waals surface area contributed by atoms with E-state index in [0.29, 0.717) is 50.0 Å². The van der Waals surface area contributed by atoms with Crippen LogP contribution in [0.25, 0.3) is 5.57 Å². The number of hydrogen-bond donors (Lipinski definition) is 4. The summed E-state index contributed by atoms with van der Waals surface area (Å²) in [5.74, 6) is 0.252. The monoisotopic (exact) mass is 526 g/mol. The number of hydrogen-bond acceptors (Lipinski definition) is 7. The number of rotatable bonds is 5. The molecule has 1 amide bonds. The van der Waals surface area contributed by atoms with Gasteiger partial charge in [-0.2, -0.15) is 0 Å². The molecule has 2 aliphatic heterocycles. The van der Waals surface area contributed by atoms with Crippen molar-refractivity contribution in [3.63, 3.8) is 0 Å². The van der Waals surface area contributed by atoms with Crippen LogP contribution in [0.4, 0.5) is 0 Å². The lowest BCUT2D eigenvalue weighted by molar-refractivity contribution is -0.169. The quantitative estimate of drug-likeness (QED) is 0.477. The molecule has 2 aliphatic carbocycles. The Balaban J connectivity index is 1.19. The summed E-state index contributed by atoms with van der Waals surface area (Å²) in [5, 5.41) is 29.4. The van der Waals surface area contributed by atoms with Crippen molar-refractivity contribution in [3.8, 4) is 5.75 Å². The number of amides is 1. The van der Waals surface area contributed by atoms with Crippen molar-refractivity contribution in [1.29, 1.82) is 0 Å². The van der Waals surface area contributed by atoms with Crippen molar-refractivity contribution in [3.05, 3.63) is 82.8 Å². The molecule has 2 bridgehead atoms. The van der Waals surface area contributed by atoms with Crippen LogP contribution in [-0.2, 0) is 23.1 Å². The predicted octanol–water partition coefficient (Wildman–Crippen LogP) is 2.83. The van der Waals surface area contributed by atoms with Gasteiger partial charge < -0.3 is 25.7 Å². The molecule has 2 fully saturated rings. The molecular weight excluding hydrogens is 492 g/mol. The number of likely N-dealkylation sites (N-methyl/N-ethyl adjacent to an activating group) is 1. The van der Waals surface area contributed by atoms with Gasteiger partial charge in [0.05, 0.1) is 11.2 Å². The first-order valence-electron chi connectivity index (χ1n) is 13.6. The Bertz CT molecular complexity index is 1430. The summed E-state index contributed by atoms with van der Waals surface area (Å²) in [5.41, 5.74) is 2.80. The molecule has 8 nitrogen and oxygen atoms in total. The van der Waals surface area contributed by atoms with Crippen LogP contribution in [-0.4, -0.2) is 64.8 Å². The molecule has 2 aromatic carbocycles. The highest BCUT2D eigenvalue weighted by molar-refractivity contribution is 6.10. The van der Waals surface area contributed by atoms with E-state index in [1.165, 1.54) is 0 Å². The van der Waals surface area contributed by atoms with Crippen molar-refractivity contribution in [2.75, 3.05) is 20.1 Å². The Morgan fingerprint density at radius 2 is 2.03 bits per heavy atom. The topological polar surface area (TPSA) is 114 Å². The van der Waals surface area contributed by atoms with Gasteiger partial charge in [-0.3, -0.25) is 9.59 Å². The molecule has 2 heterocycles. The number of allylic oxidation sites excluding steroid dienone is 1. The van der Waals surface area contributed by atoms with Gasteiger partial charge in [0.15, 0.2) is 0 Å². The van der Waals surface area contributed by atoms with E-state index in [1.807, 2.05) is 43.6 Å². The number of piperidine rings is 1. The number of likely N-dealkylation sites (tertiary alicyclic amines) is 1. The number of Topliss-reactive ketones (excluding diaryl/α,β-unsaturated/α-hetero) is 1. The number of ketones is 1. The second-order valence-corrected chi connectivity index (χ2v) is 11.3. The summed E-state index contributed by atoms with van der Waals surface area (Å²) < 4.78 is 0. The first-order chi connectivity index (χ1) is 18.7. The van der Waals surface area contributed by atoms with Crippen LogP contribution in [0.15, 0.2) is 60.0 Å². The van der Waals surface area contributed by atoms with Gasteiger partial charge in [0.25, 0.3) is 5.91 Å². The van der Waals surface area contributed by atoms with Crippen LogP contribution in [0, 0.1) is 0 Å². The SMILES string of the molecule is C=C1N=CC(c2ccc(CCNC(=O)c3ccc4c(c3O)[C@]35CCN(C)[C@H](C4)[C@]3(O)CCC(=O)C5)cc2)=CN1. The standard InChI is InChI=1S/C31H34N4O4/c1-19-33-17-23(18-34-19)21-5-3-20(4-6-21)10-13-32-29(38)25-8-7-22-15-26-31(39)11-9-24(36)16-30(31,12-14-35(26)2)27(22)28(25)37/h3-8,17-18,26,33,37,39H,1,9-16H2,2H3,(H,32,38)/t26-,30-,31-/m1/s1. The van der Waals surface area contributed by atoms with Crippen molar-refractivity contribution in [2.45, 2.75) is 55.6 Å². The maximum Gasteiger partial charge on any atom is 0.255 e. The average Bonchev–Trinajstić information content (AvgIpc) is 2.92. The number of phenols is 1. The van der Waals surface area contributed by atoms with E-state index in [2.05, 4.69) is 27.1 Å². The van der Waals surface area contributed by atoms with E-state index in [1.54, 1.807) is 12.3 Å². The first-order valence-corrected chi connectivity index (χ1v) is 13.6. The fourth-order valence-corrected chi connectivity index (χ4v) is 7.13. The molecule has 6 rings (SSSR count). The van der Waals surface area contributed by atoms with Gasteiger partial charge in [0, 0.05) is 54.4 Å². The molecule has 0 spiro atoms. The van der Waals surface area contributed by atoms with Gasteiger partial charge in [0.2, 0.25) is 0 Å². The Labute approximate surface area is 228 Å².